The molecule has 7 nitrogen and oxygen atoms in total. The van der Waals surface area contributed by atoms with Gasteiger partial charge in [0.1, 0.15) is 24.1 Å². The second kappa shape index (κ2) is 11.9. The molecule has 1 aliphatic carbocycles. The molecule has 0 bridgehead atoms. The molecule has 0 amide bonds. The van der Waals surface area contributed by atoms with Crippen LogP contribution in [0.1, 0.15) is 59.1 Å². The average molecular weight is 593 g/mol. The Morgan fingerprint density at radius 2 is 1.80 bits per heavy atom. The van der Waals surface area contributed by atoms with Crippen molar-refractivity contribution < 1.29 is 23.0 Å². The molecule has 2 heterocycles. The first-order valence-electron chi connectivity index (χ1n) is 14.4. The summed E-state index contributed by atoms with van der Waals surface area (Å²) < 4.78 is 42.6. The number of fused-ring (bicyclic) bond motifs is 1. The Kier molecular flexibility index (Phi) is 7.83. The first-order valence-corrected chi connectivity index (χ1v) is 14.4. The molecule has 44 heavy (non-hydrogen) atoms. The fourth-order valence-corrected chi connectivity index (χ4v) is 5.61. The third-order valence-electron chi connectivity index (χ3n) is 8.33. The minimum atomic E-state index is -0.530. The van der Waals surface area contributed by atoms with Crippen molar-refractivity contribution in [1.82, 2.24) is 14.5 Å². The minimum absolute atomic E-state index is 0.0670. The van der Waals surface area contributed by atoms with E-state index in [9.17, 15) is 9.18 Å². The molecule has 0 saturated heterocycles. The molecule has 5 aromatic rings. The summed E-state index contributed by atoms with van der Waals surface area (Å²) in [6.45, 7) is 2.91. The molecule has 0 radical (unpaired) electrons. The maximum absolute atomic E-state index is 15.6. The third kappa shape index (κ3) is 5.88. The van der Waals surface area contributed by atoms with Crippen LogP contribution in [0.2, 0.25) is 0 Å². The molecule has 6 rings (SSSR count). The van der Waals surface area contributed by atoms with Crippen molar-refractivity contribution in [2.24, 2.45) is 5.41 Å². The maximum Gasteiger partial charge on any atom is 0.337 e. The van der Waals surface area contributed by atoms with E-state index in [1.165, 1.54) is 31.7 Å². The Morgan fingerprint density at radius 3 is 2.50 bits per heavy atom. The van der Waals surface area contributed by atoms with E-state index in [-0.39, 0.29) is 35.7 Å². The lowest BCUT2D eigenvalue weighted by molar-refractivity contribution is 0.0601. The van der Waals surface area contributed by atoms with Crippen LogP contribution in [0.4, 0.5) is 8.78 Å². The van der Waals surface area contributed by atoms with Gasteiger partial charge in [0.25, 0.3) is 0 Å². The summed E-state index contributed by atoms with van der Waals surface area (Å²) in [4.78, 5) is 21.6. The fourth-order valence-electron chi connectivity index (χ4n) is 5.61. The highest BCUT2D eigenvalue weighted by atomic mass is 19.1. The normalized spacial score (nSPS) is 13.7. The lowest BCUT2D eigenvalue weighted by Gasteiger charge is -2.39. The molecule has 0 N–H and O–H groups in total. The standard InChI is InChI=1S/C35H30F2N4O3/c1-35(13-4-14-35)21-41-31-17-25(34(42)43-2)11-12-30(31)39-32(41)18-23-9-10-24(16-28(23)37)29-5-3-6-33(40-29)44-20-26-8-7-22(19-38)15-27(26)36/h3,5-12,15-17H,4,13-14,18,20-21H2,1-2H3. The molecule has 0 aliphatic heterocycles. The summed E-state index contributed by atoms with van der Waals surface area (Å²) in [5.74, 6) is -0.344. The van der Waals surface area contributed by atoms with Crippen molar-refractivity contribution in [2.75, 3.05) is 7.11 Å². The van der Waals surface area contributed by atoms with Crippen molar-refractivity contribution in [3.8, 4) is 23.2 Å². The van der Waals surface area contributed by atoms with Gasteiger partial charge in [0.05, 0.1) is 41.0 Å². The number of hydrogen-bond acceptors (Lipinski definition) is 6. The van der Waals surface area contributed by atoms with E-state index in [2.05, 4.69) is 16.5 Å². The number of pyridine rings is 1. The number of imidazole rings is 1. The van der Waals surface area contributed by atoms with Crippen LogP contribution >= 0.6 is 0 Å². The number of hydrogen-bond donors (Lipinski definition) is 0. The Labute approximate surface area is 253 Å². The van der Waals surface area contributed by atoms with Crippen LogP contribution in [0.3, 0.4) is 0 Å². The maximum atomic E-state index is 15.6. The fraction of sp³-hybridized carbons (Fsp3) is 0.257. The number of benzene rings is 3. The molecule has 3 aromatic carbocycles. The predicted molar refractivity (Wildman–Crippen MR) is 161 cm³/mol. The Hall–Kier alpha value is -5.10. The number of carbonyl (C=O) groups excluding carboxylic acids is 1. The molecule has 2 aromatic heterocycles. The SMILES string of the molecule is COC(=O)c1ccc2nc(Cc3ccc(-c4cccc(OCc5ccc(C#N)cc5F)n4)cc3F)n(CC3(C)CCC3)c2c1. The van der Waals surface area contributed by atoms with Crippen LogP contribution in [0.25, 0.3) is 22.3 Å². The Morgan fingerprint density at radius 1 is 1.00 bits per heavy atom. The number of methoxy groups -OCH3 is 1. The smallest absolute Gasteiger partial charge is 0.337 e. The van der Waals surface area contributed by atoms with E-state index >= 15 is 4.39 Å². The van der Waals surface area contributed by atoms with Crippen LogP contribution in [-0.4, -0.2) is 27.6 Å². The number of carbonyl (C=O) groups is 1. The van der Waals surface area contributed by atoms with Gasteiger partial charge in [0.15, 0.2) is 0 Å². The topological polar surface area (TPSA) is 90.0 Å². The van der Waals surface area contributed by atoms with Crippen molar-refractivity contribution in [3.05, 3.63) is 113 Å². The largest absolute Gasteiger partial charge is 0.473 e. The molecule has 1 saturated carbocycles. The van der Waals surface area contributed by atoms with Crippen LogP contribution in [0.15, 0.2) is 72.8 Å². The zero-order valence-corrected chi connectivity index (χ0v) is 24.4. The van der Waals surface area contributed by atoms with Crippen LogP contribution in [0, 0.1) is 28.4 Å². The van der Waals surface area contributed by atoms with Gasteiger partial charge in [-0.05, 0) is 66.3 Å². The molecule has 0 atom stereocenters. The molecule has 1 fully saturated rings. The number of ether oxygens (including phenoxy) is 2. The molecule has 222 valence electrons. The summed E-state index contributed by atoms with van der Waals surface area (Å²) in [5.41, 5.74) is 4.23. The molecular formula is C35H30F2N4O3. The molecule has 0 unspecified atom stereocenters. The van der Waals surface area contributed by atoms with Crippen LogP contribution < -0.4 is 4.74 Å². The second-order valence-corrected chi connectivity index (χ2v) is 11.5. The Balaban J connectivity index is 1.24. The first kappa shape index (κ1) is 29.0. The van der Waals surface area contributed by atoms with Gasteiger partial charge in [0.2, 0.25) is 5.88 Å². The summed E-state index contributed by atoms with van der Waals surface area (Å²) >= 11 is 0. The summed E-state index contributed by atoms with van der Waals surface area (Å²) in [6, 6.07) is 21.5. The van der Waals surface area contributed by atoms with E-state index in [1.807, 2.05) is 6.07 Å². The number of halogens is 2. The number of aromatic nitrogens is 3. The quantitative estimate of drug-likeness (QED) is 0.166. The molecular weight excluding hydrogens is 562 g/mol. The van der Waals surface area contributed by atoms with E-state index in [0.717, 1.165) is 42.3 Å². The van der Waals surface area contributed by atoms with Crippen molar-refractivity contribution in [2.45, 2.75) is 45.8 Å². The monoisotopic (exact) mass is 592 g/mol. The van der Waals surface area contributed by atoms with Gasteiger partial charge in [-0.3, -0.25) is 0 Å². The van der Waals surface area contributed by atoms with Gasteiger partial charge in [0, 0.05) is 30.2 Å². The predicted octanol–water partition coefficient (Wildman–Crippen LogP) is 7.39. The zero-order valence-electron chi connectivity index (χ0n) is 24.4. The molecule has 9 heteroatoms. The van der Waals surface area contributed by atoms with E-state index in [1.54, 1.807) is 48.5 Å². The zero-order chi connectivity index (χ0) is 30.8. The average Bonchev–Trinajstić information content (AvgIpc) is 3.35. The number of rotatable bonds is 9. The summed E-state index contributed by atoms with van der Waals surface area (Å²) in [7, 11) is 1.36. The third-order valence-corrected chi connectivity index (χ3v) is 8.33. The van der Waals surface area contributed by atoms with Crippen molar-refractivity contribution in [3.63, 3.8) is 0 Å². The van der Waals surface area contributed by atoms with E-state index in [0.29, 0.717) is 27.9 Å². The van der Waals surface area contributed by atoms with Crippen molar-refractivity contribution >= 4 is 17.0 Å². The highest BCUT2D eigenvalue weighted by molar-refractivity contribution is 5.93. The minimum Gasteiger partial charge on any atom is -0.473 e. The second-order valence-electron chi connectivity index (χ2n) is 11.5. The van der Waals surface area contributed by atoms with E-state index in [4.69, 9.17) is 19.7 Å². The van der Waals surface area contributed by atoms with Gasteiger partial charge >= 0.3 is 5.97 Å². The molecule has 1 aliphatic rings. The van der Waals surface area contributed by atoms with Gasteiger partial charge in [-0.15, -0.1) is 0 Å². The number of nitrogens with zero attached hydrogens (tertiary/aromatic N) is 4. The highest BCUT2D eigenvalue weighted by Crippen LogP contribution is 2.42. The molecule has 0 spiro atoms. The van der Waals surface area contributed by atoms with Gasteiger partial charge in [-0.25, -0.2) is 23.5 Å². The number of esters is 1. The number of nitriles is 1. The summed E-state index contributed by atoms with van der Waals surface area (Å²) in [5, 5.41) is 8.93. The van der Waals surface area contributed by atoms with Crippen molar-refractivity contribution in [1.29, 1.82) is 5.26 Å². The van der Waals surface area contributed by atoms with Gasteiger partial charge in [-0.2, -0.15) is 5.26 Å². The van der Waals surface area contributed by atoms with E-state index < -0.39 is 11.8 Å². The van der Waals surface area contributed by atoms with Crippen LogP contribution in [-0.2, 0) is 24.3 Å². The van der Waals surface area contributed by atoms with Gasteiger partial charge < -0.3 is 14.0 Å². The lowest BCUT2D eigenvalue weighted by Crippen LogP contribution is -2.31. The van der Waals surface area contributed by atoms with Crippen LogP contribution in [0.5, 0.6) is 5.88 Å². The first-order chi connectivity index (χ1) is 21.2. The Bertz CT molecular complexity index is 1920. The van der Waals surface area contributed by atoms with Gasteiger partial charge in [-0.1, -0.05) is 37.6 Å². The lowest BCUT2D eigenvalue weighted by atomic mass is 9.70. The highest BCUT2D eigenvalue weighted by Gasteiger charge is 2.33. The summed E-state index contributed by atoms with van der Waals surface area (Å²) in [6.07, 6.45) is 3.65.